The highest BCUT2D eigenvalue weighted by Gasteiger charge is 2.11. The molecule has 2 rings (SSSR count). The first kappa shape index (κ1) is 14.0. The number of carbonyl (C=O) groups excluding carboxylic acids is 1. The van der Waals surface area contributed by atoms with E-state index in [9.17, 15) is 4.79 Å². The van der Waals surface area contributed by atoms with Crippen LogP contribution in [0.1, 0.15) is 30.4 Å². The first-order valence-corrected chi connectivity index (χ1v) is 7.29. The molecule has 6 heteroatoms. The lowest BCUT2D eigenvalue weighted by molar-refractivity contribution is -0.142. The summed E-state index contributed by atoms with van der Waals surface area (Å²) in [6.07, 6.45) is 0.400. The molecule has 0 spiro atoms. The molecule has 0 radical (unpaired) electrons. The molecule has 19 heavy (non-hydrogen) atoms. The molecule has 1 N–H and O–H groups in total. The Labute approximate surface area is 116 Å². The van der Waals surface area contributed by atoms with Crippen molar-refractivity contribution in [1.29, 1.82) is 0 Å². The topological polar surface area (TPSA) is 55.6 Å². The number of fused-ring (bicyclic) bond motifs is 1. The van der Waals surface area contributed by atoms with Crippen LogP contribution in [0, 0.1) is 13.8 Å². The van der Waals surface area contributed by atoms with Crippen molar-refractivity contribution in [3.05, 3.63) is 22.5 Å². The van der Waals surface area contributed by atoms with Crippen LogP contribution in [0.25, 0.3) is 4.96 Å². The maximum Gasteiger partial charge on any atom is 0.307 e. The first-order chi connectivity index (χ1) is 9.13. The third-order valence-corrected chi connectivity index (χ3v) is 3.88. The number of hydrogen-bond donors (Lipinski definition) is 1. The zero-order valence-corrected chi connectivity index (χ0v) is 12.3. The van der Waals surface area contributed by atoms with Crippen LogP contribution in [-0.2, 0) is 16.1 Å². The summed E-state index contributed by atoms with van der Waals surface area (Å²) in [7, 11) is 0. The highest BCUT2D eigenvalue weighted by molar-refractivity contribution is 7.15. The molecule has 0 aliphatic carbocycles. The summed E-state index contributed by atoms with van der Waals surface area (Å²) in [5.74, 6) is -0.156. The Hall–Kier alpha value is -1.40. The molecular weight excluding hydrogens is 262 g/mol. The Bertz CT molecular complexity index is 574. The van der Waals surface area contributed by atoms with Gasteiger partial charge in [0.1, 0.15) is 0 Å². The summed E-state index contributed by atoms with van der Waals surface area (Å²) >= 11 is 1.65. The molecule has 2 aromatic rings. The summed E-state index contributed by atoms with van der Waals surface area (Å²) in [6, 6.07) is 0. The zero-order valence-electron chi connectivity index (χ0n) is 11.5. The van der Waals surface area contributed by atoms with Crippen molar-refractivity contribution in [2.24, 2.45) is 0 Å². The number of rotatable bonds is 6. The third kappa shape index (κ3) is 3.13. The molecule has 0 aliphatic rings. The van der Waals surface area contributed by atoms with Crippen LogP contribution in [0.15, 0.2) is 5.38 Å². The lowest BCUT2D eigenvalue weighted by Gasteiger charge is -2.06. The molecule has 104 valence electrons. The molecule has 0 fully saturated rings. The number of nitrogens with one attached hydrogen (secondary N) is 1. The molecular formula is C13H19N3O2S. The number of imidazole rings is 1. The van der Waals surface area contributed by atoms with Gasteiger partial charge in [-0.3, -0.25) is 9.20 Å². The van der Waals surface area contributed by atoms with Gasteiger partial charge in [-0.25, -0.2) is 4.98 Å². The second kappa shape index (κ2) is 6.16. The molecule has 0 aromatic carbocycles. The van der Waals surface area contributed by atoms with Crippen LogP contribution in [0.3, 0.4) is 0 Å². The molecule has 2 aromatic heterocycles. The van der Waals surface area contributed by atoms with Crippen LogP contribution in [0.4, 0.5) is 0 Å². The Morgan fingerprint density at radius 1 is 1.53 bits per heavy atom. The van der Waals surface area contributed by atoms with Gasteiger partial charge in [-0.2, -0.15) is 0 Å². The number of carbonyl (C=O) groups is 1. The van der Waals surface area contributed by atoms with E-state index >= 15 is 0 Å². The quantitative estimate of drug-likeness (QED) is 0.650. The van der Waals surface area contributed by atoms with Gasteiger partial charge in [-0.15, -0.1) is 11.3 Å². The molecule has 0 saturated carbocycles. The van der Waals surface area contributed by atoms with Gasteiger partial charge in [0.15, 0.2) is 4.96 Å². The second-order valence-electron chi connectivity index (χ2n) is 4.37. The lowest BCUT2D eigenvalue weighted by Crippen LogP contribution is -2.20. The van der Waals surface area contributed by atoms with E-state index in [0.29, 0.717) is 26.1 Å². The van der Waals surface area contributed by atoms with Crippen molar-refractivity contribution < 1.29 is 9.53 Å². The van der Waals surface area contributed by atoms with Gasteiger partial charge in [-0.1, -0.05) is 0 Å². The van der Waals surface area contributed by atoms with Crippen LogP contribution in [0.2, 0.25) is 0 Å². The van der Waals surface area contributed by atoms with Gasteiger partial charge in [0.05, 0.1) is 24.4 Å². The zero-order chi connectivity index (χ0) is 13.8. The van der Waals surface area contributed by atoms with Crippen LogP contribution >= 0.6 is 11.3 Å². The number of nitrogens with zero attached hydrogens (tertiary/aromatic N) is 2. The second-order valence-corrected chi connectivity index (χ2v) is 5.21. The average molecular weight is 281 g/mol. The van der Waals surface area contributed by atoms with E-state index in [1.165, 1.54) is 5.69 Å². The van der Waals surface area contributed by atoms with E-state index in [1.807, 2.05) is 13.8 Å². The van der Waals surface area contributed by atoms with E-state index in [0.717, 1.165) is 16.3 Å². The van der Waals surface area contributed by atoms with Gasteiger partial charge in [0.2, 0.25) is 0 Å². The summed E-state index contributed by atoms with van der Waals surface area (Å²) in [5.41, 5.74) is 3.40. The molecule has 0 amide bonds. The maximum atomic E-state index is 11.2. The number of aryl methyl sites for hydroxylation is 2. The van der Waals surface area contributed by atoms with Crippen molar-refractivity contribution in [2.75, 3.05) is 13.2 Å². The van der Waals surface area contributed by atoms with Gasteiger partial charge in [-0.05, 0) is 20.8 Å². The van der Waals surface area contributed by atoms with E-state index in [2.05, 4.69) is 27.0 Å². The van der Waals surface area contributed by atoms with Crippen molar-refractivity contribution in [2.45, 2.75) is 33.7 Å². The van der Waals surface area contributed by atoms with Gasteiger partial charge in [0, 0.05) is 24.2 Å². The third-order valence-electron chi connectivity index (χ3n) is 2.93. The Morgan fingerprint density at radius 3 is 3.05 bits per heavy atom. The predicted molar refractivity (Wildman–Crippen MR) is 75.5 cm³/mol. The summed E-state index contributed by atoms with van der Waals surface area (Å²) in [6.45, 7) is 7.68. The maximum absolute atomic E-state index is 11.2. The Morgan fingerprint density at radius 2 is 2.32 bits per heavy atom. The van der Waals surface area contributed by atoms with Gasteiger partial charge < -0.3 is 10.1 Å². The molecule has 0 unspecified atom stereocenters. The fourth-order valence-corrected chi connectivity index (χ4v) is 2.94. The van der Waals surface area contributed by atoms with Crippen molar-refractivity contribution in [1.82, 2.24) is 14.7 Å². The van der Waals surface area contributed by atoms with E-state index in [1.54, 1.807) is 11.3 Å². The predicted octanol–water partition coefficient (Wildman–Crippen LogP) is 2.06. The molecule has 0 bridgehead atoms. The summed E-state index contributed by atoms with van der Waals surface area (Å²) in [4.78, 5) is 16.8. The molecule has 0 atom stereocenters. The highest BCUT2D eigenvalue weighted by atomic mass is 32.1. The van der Waals surface area contributed by atoms with Crippen LogP contribution in [-0.4, -0.2) is 28.5 Å². The number of aromatic nitrogens is 2. The summed E-state index contributed by atoms with van der Waals surface area (Å²) < 4.78 is 7.05. The van der Waals surface area contributed by atoms with E-state index in [-0.39, 0.29) is 5.97 Å². The number of hydrogen-bond acceptors (Lipinski definition) is 5. The Kier molecular flexibility index (Phi) is 4.55. The van der Waals surface area contributed by atoms with Gasteiger partial charge in [0.25, 0.3) is 0 Å². The molecule has 2 heterocycles. The minimum Gasteiger partial charge on any atom is -0.466 e. The Balaban J connectivity index is 1.93. The fourth-order valence-electron chi connectivity index (χ4n) is 2.01. The molecule has 0 saturated heterocycles. The minimum absolute atomic E-state index is 0.156. The van der Waals surface area contributed by atoms with Crippen molar-refractivity contribution >= 4 is 22.3 Å². The average Bonchev–Trinajstić information content (AvgIpc) is 2.86. The monoisotopic (exact) mass is 281 g/mol. The van der Waals surface area contributed by atoms with Crippen molar-refractivity contribution in [3.63, 3.8) is 0 Å². The standard InChI is InChI=1S/C13H19N3O2S/c1-4-18-12(17)5-6-14-7-11-10(3)15-13-16(11)9(2)8-19-13/h8,14H,4-7H2,1-3H3. The molecule has 0 aliphatic heterocycles. The highest BCUT2D eigenvalue weighted by Crippen LogP contribution is 2.20. The van der Waals surface area contributed by atoms with Crippen molar-refractivity contribution in [3.8, 4) is 0 Å². The smallest absolute Gasteiger partial charge is 0.307 e. The van der Waals surface area contributed by atoms with E-state index in [4.69, 9.17) is 4.74 Å². The summed E-state index contributed by atoms with van der Waals surface area (Å²) in [5, 5.41) is 5.37. The normalized spacial score (nSPS) is 11.1. The number of esters is 1. The lowest BCUT2D eigenvalue weighted by atomic mass is 10.3. The first-order valence-electron chi connectivity index (χ1n) is 6.41. The molecule has 5 nitrogen and oxygen atoms in total. The van der Waals surface area contributed by atoms with Gasteiger partial charge >= 0.3 is 5.97 Å². The van der Waals surface area contributed by atoms with Crippen LogP contribution < -0.4 is 5.32 Å². The largest absolute Gasteiger partial charge is 0.466 e. The SMILES string of the molecule is CCOC(=O)CCNCc1c(C)nc2scc(C)n12. The number of thiazole rings is 1. The van der Waals surface area contributed by atoms with Crippen LogP contribution in [0.5, 0.6) is 0 Å². The van der Waals surface area contributed by atoms with E-state index < -0.39 is 0 Å². The number of ether oxygens (including phenoxy) is 1. The minimum atomic E-state index is -0.156. The fraction of sp³-hybridized carbons (Fsp3) is 0.538.